The summed E-state index contributed by atoms with van der Waals surface area (Å²) in [6.45, 7) is 6.08. The molecule has 2 rings (SSSR count). The minimum absolute atomic E-state index is 0.101. The van der Waals surface area contributed by atoms with Crippen LogP contribution in [0.1, 0.15) is 34.7 Å². The van der Waals surface area contributed by atoms with E-state index >= 15 is 0 Å². The largest absolute Gasteiger partial charge is 0.496 e. The smallest absolute Gasteiger partial charge is 0.178 e. The van der Waals surface area contributed by atoms with E-state index in [2.05, 4.69) is 13.0 Å². The van der Waals surface area contributed by atoms with E-state index in [1.807, 2.05) is 38.1 Å². The number of aryl methyl sites for hydroxylation is 1. The van der Waals surface area contributed by atoms with Gasteiger partial charge in [-0.25, -0.2) is 0 Å². The average molecular weight is 380 g/mol. The van der Waals surface area contributed by atoms with Crippen molar-refractivity contribution in [2.24, 2.45) is 0 Å². The summed E-state index contributed by atoms with van der Waals surface area (Å²) < 4.78 is 16.2. The van der Waals surface area contributed by atoms with Crippen LogP contribution in [0.4, 0.5) is 0 Å². The Kier molecular flexibility index (Phi) is 7.44. The Hall–Kier alpha value is -3.01. The predicted octanol–water partition coefficient (Wildman–Crippen LogP) is 5.19. The number of hydrogen-bond acceptors (Lipinski definition) is 4. The molecule has 0 aliphatic heterocycles. The van der Waals surface area contributed by atoms with Gasteiger partial charge in [0, 0.05) is 5.56 Å². The van der Waals surface area contributed by atoms with E-state index in [1.165, 1.54) is 11.6 Å². The van der Waals surface area contributed by atoms with Gasteiger partial charge in [-0.15, -0.1) is 0 Å². The molecule has 0 spiro atoms. The monoisotopic (exact) mass is 380 g/mol. The van der Waals surface area contributed by atoms with E-state index in [0.717, 1.165) is 45.9 Å². The zero-order chi connectivity index (χ0) is 20.7. The standard InChI is InChI=1S/C24H28O4/c1-7-20-12-18(13-22(26-4)16(20)2)8-10-21(25)11-9-19-14-23(27-5)17(3)24(15-19)28-6/h8-15H,7H2,1-6H3. The number of rotatable bonds is 8. The number of allylic oxidation sites excluding steroid dienone is 2. The highest BCUT2D eigenvalue weighted by molar-refractivity contribution is 6.04. The summed E-state index contributed by atoms with van der Waals surface area (Å²) in [5.41, 5.74) is 5.05. The van der Waals surface area contributed by atoms with Crippen molar-refractivity contribution >= 4 is 17.9 Å². The van der Waals surface area contributed by atoms with Gasteiger partial charge in [-0.3, -0.25) is 4.79 Å². The van der Waals surface area contributed by atoms with Gasteiger partial charge in [0.05, 0.1) is 21.3 Å². The van der Waals surface area contributed by atoms with Crippen molar-refractivity contribution in [3.63, 3.8) is 0 Å². The average Bonchev–Trinajstić information content (AvgIpc) is 2.71. The van der Waals surface area contributed by atoms with Crippen molar-refractivity contribution in [1.82, 2.24) is 0 Å². The van der Waals surface area contributed by atoms with Crippen LogP contribution < -0.4 is 14.2 Å². The van der Waals surface area contributed by atoms with Crippen LogP contribution in [0.15, 0.2) is 36.4 Å². The summed E-state index contributed by atoms with van der Waals surface area (Å²) in [5, 5.41) is 0. The molecule has 2 aromatic carbocycles. The number of benzene rings is 2. The molecule has 0 saturated heterocycles. The van der Waals surface area contributed by atoms with E-state index in [9.17, 15) is 4.79 Å². The van der Waals surface area contributed by atoms with Crippen molar-refractivity contribution in [3.05, 3.63) is 64.2 Å². The Morgan fingerprint density at radius 1 is 0.786 bits per heavy atom. The third-order valence-corrected chi connectivity index (χ3v) is 4.75. The minimum atomic E-state index is -0.101. The van der Waals surface area contributed by atoms with Gasteiger partial charge in [0.25, 0.3) is 0 Å². The molecule has 28 heavy (non-hydrogen) atoms. The summed E-state index contributed by atoms with van der Waals surface area (Å²) in [6.07, 6.45) is 7.57. The molecule has 0 aliphatic rings. The molecule has 2 aromatic rings. The van der Waals surface area contributed by atoms with Gasteiger partial charge < -0.3 is 14.2 Å². The number of carbonyl (C=O) groups excluding carboxylic acids is 1. The number of carbonyl (C=O) groups is 1. The first-order chi connectivity index (χ1) is 13.4. The topological polar surface area (TPSA) is 44.8 Å². The van der Waals surface area contributed by atoms with Crippen LogP contribution in [0.5, 0.6) is 17.2 Å². The third kappa shape index (κ3) is 5.03. The third-order valence-electron chi connectivity index (χ3n) is 4.75. The number of ether oxygens (including phenoxy) is 3. The van der Waals surface area contributed by atoms with Crippen molar-refractivity contribution < 1.29 is 19.0 Å². The van der Waals surface area contributed by atoms with Crippen LogP contribution in [0.25, 0.3) is 12.2 Å². The first-order valence-electron chi connectivity index (χ1n) is 9.23. The van der Waals surface area contributed by atoms with Crippen LogP contribution in [-0.2, 0) is 11.2 Å². The molecule has 0 aromatic heterocycles. The van der Waals surface area contributed by atoms with Crippen LogP contribution in [0.3, 0.4) is 0 Å². The fourth-order valence-corrected chi connectivity index (χ4v) is 3.06. The summed E-state index contributed by atoms with van der Waals surface area (Å²) in [5.74, 6) is 2.18. The van der Waals surface area contributed by atoms with Gasteiger partial charge in [-0.1, -0.05) is 25.1 Å². The fraction of sp³-hybridized carbons (Fsp3) is 0.292. The molecule has 148 valence electrons. The highest BCUT2D eigenvalue weighted by atomic mass is 16.5. The van der Waals surface area contributed by atoms with E-state index in [0.29, 0.717) is 0 Å². The highest BCUT2D eigenvalue weighted by Gasteiger charge is 2.07. The number of hydrogen-bond donors (Lipinski definition) is 0. The number of ketones is 1. The summed E-state index contributed by atoms with van der Waals surface area (Å²) in [6, 6.07) is 7.78. The molecule has 0 radical (unpaired) electrons. The number of methoxy groups -OCH3 is 3. The Bertz CT molecular complexity index is 783. The highest BCUT2D eigenvalue weighted by Crippen LogP contribution is 2.30. The maximum atomic E-state index is 12.3. The normalized spacial score (nSPS) is 11.2. The van der Waals surface area contributed by atoms with Gasteiger partial charge in [-0.05, 0) is 72.9 Å². The lowest BCUT2D eigenvalue weighted by Gasteiger charge is -2.11. The van der Waals surface area contributed by atoms with Gasteiger partial charge in [0.2, 0.25) is 0 Å². The van der Waals surface area contributed by atoms with Crippen LogP contribution in [0.2, 0.25) is 0 Å². The van der Waals surface area contributed by atoms with E-state index in [4.69, 9.17) is 14.2 Å². The van der Waals surface area contributed by atoms with E-state index in [-0.39, 0.29) is 5.78 Å². The molecule has 0 atom stereocenters. The molecule has 0 unspecified atom stereocenters. The van der Waals surface area contributed by atoms with Gasteiger partial charge in [0.1, 0.15) is 17.2 Å². The Balaban J connectivity index is 2.20. The molecule has 0 bridgehead atoms. The maximum Gasteiger partial charge on any atom is 0.178 e. The van der Waals surface area contributed by atoms with Crippen molar-refractivity contribution in [2.45, 2.75) is 27.2 Å². The Morgan fingerprint density at radius 3 is 1.64 bits per heavy atom. The zero-order valence-electron chi connectivity index (χ0n) is 17.5. The van der Waals surface area contributed by atoms with Crippen molar-refractivity contribution in [2.75, 3.05) is 21.3 Å². The summed E-state index contributed by atoms with van der Waals surface area (Å²) >= 11 is 0. The molecule has 0 heterocycles. The minimum Gasteiger partial charge on any atom is -0.496 e. The molecule has 0 fully saturated rings. The lowest BCUT2D eigenvalue weighted by Crippen LogP contribution is -1.95. The van der Waals surface area contributed by atoms with E-state index in [1.54, 1.807) is 33.5 Å². The summed E-state index contributed by atoms with van der Waals surface area (Å²) in [4.78, 5) is 12.3. The van der Waals surface area contributed by atoms with Gasteiger partial charge >= 0.3 is 0 Å². The van der Waals surface area contributed by atoms with Crippen LogP contribution in [0, 0.1) is 13.8 Å². The lowest BCUT2D eigenvalue weighted by atomic mass is 10.0. The Labute approximate surface area is 167 Å². The summed E-state index contributed by atoms with van der Waals surface area (Å²) in [7, 11) is 4.89. The van der Waals surface area contributed by atoms with Crippen molar-refractivity contribution in [1.29, 1.82) is 0 Å². The molecule has 4 heteroatoms. The second kappa shape index (κ2) is 9.79. The van der Waals surface area contributed by atoms with Crippen molar-refractivity contribution in [3.8, 4) is 17.2 Å². The maximum absolute atomic E-state index is 12.3. The zero-order valence-corrected chi connectivity index (χ0v) is 17.5. The lowest BCUT2D eigenvalue weighted by molar-refractivity contribution is -0.110. The first kappa shape index (κ1) is 21.3. The molecule has 0 amide bonds. The SMILES string of the molecule is CCc1cc(C=CC(=O)C=Cc2cc(OC)c(C)c(OC)c2)cc(OC)c1C. The molecule has 0 aliphatic carbocycles. The van der Waals surface area contributed by atoms with Crippen LogP contribution in [-0.4, -0.2) is 27.1 Å². The second-order valence-electron chi connectivity index (χ2n) is 6.48. The van der Waals surface area contributed by atoms with E-state index < -0.39 is 0 Å². The Morgan fingerprint density at radius 2 is 1.21 bits per heavy atom. The fourth-order valence-electron chi connectivity index (χ4n) is 3.06. The van der Waals surface area contributed by atoms with Crippen LogP contribution >= 0.6 is 0 Å². The molecule has 0 saturated carbocycles. The molecular formula is C24H28O4. The second-order valence-corrected chi connectivity index (χ2v) is 6.48. The molecular weight excluding hydrogens is 352 g/mol. The van der Waals surface area contributed by atoms with Gasteiger partial charge in [0.15, 0.2) is 5.78 Å². The molecule has 0 N–H and O–H groups in total. The molecule has 4 nitrogen and oxygen atoms in total. The van der Waals surface area contributed by atoms with Gasteiger partial charge in [-0.2, -0.15) is 0 Å². The quantitative estimate of drug-likeness (QED) is 0.592. The first-order valence-corrected chi connectivity index (χ1v) is 9.23. The predicted molar refractivity (Wildman–Crippen MR) is 114 cm³/mol.